The molecular formula is C26H20F3NO4. The molecule has 0 amide bonds. The Hall–Kier alpha value is -3.94. The van der Waals surface area contributed by atoms with E-state index in [9.17, 15) is 18.0 Å². The first-order valence-corrected chi connectivity index (χ1v) is 10.5. The standard InChI is InChI=1S/C26H20F3NO4/c1-15-24-17(13-30(14-33-24)19-5-3-4-18(11-19)26(27,28)29)10-22-21(12-23(31)34-25(15)22)16-6-8-20(32-2)9-7-16/h3-12H,13-14H2,1-2H3. The Kier molecular flexibility index (Phi) is 5.23. The van der Waals surface area contributed by atoms with Crippen molar-refractivity contribution in [3.63, 3.8) is 0 Å². The zero-order chi connectivity index (χ0) is 24.0. The number of fused-ring (bicyclic) bond motifs is 2. The molecule has 174 valence electrons. The van der Waals surface area contributed by atoms with Crippen LogP contribution >= 0.6 is 0 Å². The minimum Gasteiger partial charge on any atom is -0.497 e. The van der Waals surface area contributed by atoms with Crippen LogP contribution in [0.1, 0.15) is 16.7 Å². The Morgan fingerprint density at radius 3 is 2.50 bits per heavy atom. The zero-order valence-electron chi connectivity index (χ0n) is 18.4. The van der Waals surface area contributed by atoms with E-state index in [1.54, 1.807) is 30.2 Å². The fraction of sp³-hybridized carbons (Fsp3) is 0.192. The third-order valence-corrected chi connectivity index (χ3v) is 5.96. The first kappa shape index (κ1) is 21.9. The lowest BCUT2D eigenvalue weighted by Gasteiger charge is -2.32. The van der Waals surface area contributed by atoms with Crippen molar-refractivity contribution in [3.8, 4) is 22.6 Å². The minimum atomic E-state index is -4.43. The SMILES string of the molecule is COc1ccc(-c2cc(=O)oc3c(C)c4c(cc23)CN(c2cccc(C(F)(F)F)c2)CO4)cc1. The topological polar surface area (TPSA) is 51.9 Å². The molecule has 1 aliphatic rings. The van der Waals surface area contributed by atoms with E-state index < -0.39 is 17.4 Å². The van der Waals surface area contributed by atoms with Crippen molar-refractivity contribution in [2.24, 2.45) is 0 Å². The van der Waals surface area contributed by atoms with Gasteiger partial charge in [-0.15, -0.1) is 0 Å². The normalized spacial score (nSPS) is 13.5. The van der Waals surface area contributed by atoms with Crippen molar-refractivity contribution in [1.29, 1.82) is 0 Å². The maximum Gasteiger partial charge on any atom is 0.416 e. The molecule has 4 aromatic rings. The third kappa shape index (κ3) is 3.85. The summed E-state index contributed by atoms with van der Waals surface area (Å²) in [6.07, 6.45) is -4.43. The van der Waals surface area contributed by atoms with Crippen LogP contribution in [0.4, 0.5) is 18.9 Å². The molecule has 34 heavy (non-hydrogen) atoms. The second kappa shape index (κ2) is 8.13. The van der Waals surface area contributed by atoms with Gasteiger partial charge in [0.2, 0.25) is 0 Å². The van der Waals surface area contributed by atoms with Crippen LogP contribution in [0.5, 0.6) is 11.5 Å². The van der Waals surface area contributed by atoms with E-state index in [1.807, 2.05) is 25.1 Å². The Labute approximate surface area is 192 Å². The summed E-state index contributed by atoms with van der Waals surface area (Å²) in [6, 6.07) is 15.8. The Morgan fingerprint density at radius 1 is 1.03 bits per heavy atom. The number of nitrogens with zero attached hydrogens (tertiary/aromatic N) is 1. The van der Waals surface area contributed by atoms with E-state index in [2.05, 4.69) is 0 Å². The highest BCUT2D eigenvalue weighted by atomic mass is 19.4. The van der Waals surface area contributed by atoms with Gasteiger partial charge >= 0.3 is 11.8 Å². The van der Waals surface area contributed by atoms with Crippen LogP contribution in [0.3, 0.4) is 0 Å². The summed E-state index contributed by atoms with van der Waals surface area (Å²) in [4.78, 5) is 14.1. The Bertz CT molecular complexity index is 1440. The van der Waals surface area contributed by atoms with Gasteiger partial charge in [0.15, 0.2) is 6.73 Å². The van der Waals surface area contributed by atoms with Crippen molar-refractivity contribution in [2.75, 3.05) is 18.7 Å². The Balaban J connectivity index is 1.60. The molecule has 1 aromatic heterocycles. The molecule has 0 saturated heterocycles. The largest absolute Gasteiger partial charge is 0.497 e. The molecule has 0 saturated carbocycles. The molecule has 3 aromatic carbocycles. The molecular weight excluding hydrogens is 447 g/mol. The average Bonchev–Trinajstić information content (AvgIpc) is 2.83. The number of alkyl halides is 3. The van der Waals surface area contributed by atoms with Gasteiger partial charge in [0.25, 0.3) is 0 Å². The maximum atomic E-state index is 13.2. The van der Waals surface area contributed by atoms with Gasteiger partial charge in [0, 0.05) is 34.8 Å². The monoisotopic (exact) mass is 467 g/mol. The zero-order valence-corrected chi connectivity index (χ0v) is 18.4. The quantitative estimate of drug-likeness (QED) is 0.338. The van der Waals surface area contributed by atoms with Crippen LogP contribution in [0, 0.1) is 6.92 Å². The van der Waals surface area contributed by atoms with E-state index >= 15 is 0 Å². The van der Waals surface area contributed by atoms with Crippen molar-refractivity contribution in [3.05, 3.63) is 87.8 Å². The molecule has 0 N–H and O–H groups in total. The number of anilines is 1. The lowest BCUT2D eigenvalue weighted by atomic mass is 9.96. The van der Waals surface area contributed by atoms with Gasteiger partial charge in [-0.1, -0.05) is 18.2 Å². The van der Waals surface area contributed by atoms with Crippen molar-refractivity contribution < 1.29 is 27.1 Å². The first-order chi connectivity index (χ1) is 16.2. The van der Waals surface area contributed by atoms with Crippen LogP contribution in [-0.2, 0) is 12.7 Å². The number of rotatable bonds is 3. The van der Waals surface area contributed by atoms with Crippen molar-refractivity contribution in [2.45, 2.75) is 19.6 Å². The predicted molar refractivity (Wildman–Crippen MR) is 122 cm³/mol. The van der Waals surface area contributed by atoms with E-state index in [0.29, 0.717) is 40.4 Å². The molecule has 0 atom stereocenters. The molecule has 5 rings (SSSR count). The van der Waals surface area contributed by atoms with Crippen LogP contribution in [-0.4, -0.2) is 13.8 Å². The van der Waals surface area contributed by atoms with Gasteiger partial charge in [-0.05, 0) is 54.4 Å². The average molecular weight is 467 g/mol. The van der Waals surface area contributed by atoms with Gasteiger partial charge in [-0.3, -0.25) is 0 Å². The minimum absolute atomic E-state index is 0.0725. The summed E-state index contributed by atoms with van der Waals surface area (Å²) in [5.41, 5.74) is 2.59. The fourth-order valence-electron chi connectivity index (χ4n) is 4.27. The molecule has 0 unspecified atom stereocenters. The smallest absolute Gasteiger partial charge is 0.416 e. The van der Waals surface area contributed by atoms with Gasteiger partial charge in [-0.25, -0.2) is 4.79 Å². The lowest BCUT2D eigenvalue weighted by Crippen LogP contribution is -2.32. The molecule has 0 bridgehead atoms. The third-order valence-electron chi connectivity index (χ3n) is 5.96. The summed E-state index contributed by atoms with van der Waals surface area (Å²) >= 11 is 0. The van der Waals surface area contributed by atoms with E-state index in [0.717, 1.165) is 28.6 Å². The fourth-order valence-corrected chi connectivity index (χ4v) is 4.27. The highest BCUT2D eigenvalue weighted by Gasteiger charge is 2.31. The van der Waals surface area contributed by atoms with Crippen LogP contribution in [0.25, 0.3) is 22.1 Å². The number of aryl methyl sites for hydroxylation is 1. The Morgan fingerprint density at radius 2 is 1.79 bits per heavy atom. The van der Waals surface area contributed by atoms with Gasteiger partial charge in [-0.2, -0.15) is 13.2 Å². The van der Waals surface area contributed by atoms with Crippen LogP contribution in [0.15, 0.2) is 69.9 Å². The molecule has 0 radical (unpaired) electrons. The second-order valence-corrected chi connectivity index (χ2v) is 8.09. The summed E-state index contributed by atoms with van der Waals surface area (Å²) in [6.45, 7) is 2.22. The van der Waals surface area contributed by atoms with Crippen LogP contribution < -0.4 is 20.0 Å². The van der Waals surface area contributed by atoms with E-state index in [-0.39, 0.29) is 6.73 Å². The molecule has 2 heterocycles. The van der Waals surface area contributed by atoms with Gasteiger partial charge in [0.05, 0.1) is 12.7 Å². The summed E-state index contributed by atoms with van der Waals surface area (Å²) in [7, 11) is 1.58. The lowest BCUT2D eigenvalue weighted by molar-refractivity contribution is -0.137. The summed E-state index contributed by atoms with van der Waals surface area (Å²) in [5.74, 6) is 1.26. The maximum absolute atomic E-state index is 13.2. The number of ether oxygens (including phenoxy) is 2. The molecule has 8 heteroatoms. The number of hydrogen-bond donors (Lipinski definition) is 0. The summed E-state index contributed by atoms with van der Waals surface area (Å²) in [5, 5.41) is 0.718. The summed E-state index contributed by atoms with van der Waals surface area (Å²) < 4.78 is 56.3. The first-order valence-electron chi connectivity index (χ1n) is 10.5. The van der Waals surface area contributed by atoms with E-state index in [1.165, 1.54) is 12.1 Å². The molecule has 5 nitrogen and oxygen atoms in total. The number of benzene rings is 3. The predicted octanol–water partition coefficient (Wildman–Crippen LogP) is 6.15. The van der Waals surface area contributed by atoms with Gasteiger partial charge < -0.3 is 18.8 Å². The number of methoxy groups -OCH3 is 1. The number of halogens is 3. The van der Waals surface area contributed by atoms with Crippen molar-refractivity contribution in [1.82, 2.24) is 0 Å². The highest BCUT2D eigenvalue weighted by Crippen LogP contribution is 2.40. The second-order valence-electron chi connectivity index (χ2n) is 8.09. The van der Waals surface area contributed by atoms with Crippen LogP contribution in [0.2, 0.25) is 0 Å². The molecule has 0 spiro atoms. The number of hydrogen-bond acceptors (Lipinski definition) is 5. The highest BCUT2D eigenvalue weighted by molar-refractivity contribution is 5.96. The molecule has 0 fully saturated rings. The van der Waals surface area contributed by atoms with Crippen molar-refractivity contribution >= 4 is 16.7 Å². The molecule has 1 aliphatic heterocycles. The van der Waals surface area contributed by atoms with E-state index in [4.69, 9.17) is 13.9 Å². The van der Waals surface area contributed by atoms with Gasteiger partial charge in [0.1, 0.15) is 17.1 Å². The molecule has 0 aliphatic carbocycles.